The van der Waals surface area contributed by atoms with Crippen molar-refractivity contribution >= 4 is 11.7 Å². The van der Waals surface area contributed by atoms with Crippen molar-refractivity contribution < 1.29 is 9.90 Å². The third kappa shape index (κ3) is 3.77. The van der Waals surface area contributed by atoms with Gasteiger partial charge in [-0.05, 0) is 50.7 Å². The summed E-state index contributed by atoms with van der Waals surface area (Å²) in [5, 5.41) is 18.4. The molecule has 0 aliphatic carbocycles. The summed E-state index contributed by atoms with van der Waals surface area (Å²) >= 11 is 0. The lowest BCUT2D eigenvalue weighted by Gasteiger charge is -2.47. The van der Waals surface area contributed by atoms with Gasteiger partial charge in [0.25, 0.3) is 0 Å². The summed E-state index contributed by atoms with van der Waals surface area (Å²) in [6.45, 7) is 4.53. The molecule has 0 aromatic carbocycles. The van der Waals surface area contributed by atoms with Crippen molar-refractivity contribution in [3.05, 3.63) is 23.4 Å². The van der Waals surface area contributed by atoms with Crippen LogP contribution in [0.4, 0.5) is 5.82 Å². The molecule has 0 radical (unpaired) electrons. The lowest BCUT2D eigenvalue weighted by atomic mass is 9.83. The maximum absolute atomic E-state index is 12.3. The zero-order valence-electron chi connectivity index (χ0n) is 14.8. The molecule has 3 rings (SSSR count). The molecule has 0 bridgehead atoms. The SMILES string of the molecule is Cc1ccc(C#N)c(N2CC[C@@H]3[C@@H](CCC(=O)N3CCCCO)C2)n1. The van der Waals surface area contributed by atoms with Crippen LogP contribution in [0.25, 0.3) is 0 Å². The molecule has 2 saturated heterocycles. The summed E-state index contributed by atoms with van der Waals surface area (Å²) < 4.78 is 0. The van der Waals surface area contributed by atoms with Gasteiger partial charge >= 0.3 is 0 Å². The summed E-state index contributed by atoms with van der Waals surface area (Å²) in [7, 11) is 0. The van der Waals surface area contributed by atoms with Crippen LogP contribution in [-0.2, 0) is 4.79 Å². The van der Waals surface area contributed by atoms with E-state index in [0.29, 0.717) is 17.9 Å². The number of nitriles is 1. The monoisotopic (exact) mass is 342 g/mol. The Balaban J connectivity index is 1.73. The maximum Gasteiger partial charge on any atom is 0.222 e. The van der Waals surface area contributed by atoms with Gasteiger partial charge in [-0.2, -0.15) is 5.26 Å². The molecule has 3 heterocycles. The van der Waals surface area contributed by atoms with Crippen molar-refractivity contribution in [1.82, 2.24) is 9.88 Å². The normalized spacial score (nSPS) is 23.3. The number of unbranched alkanes of at least 4 members (excludes halogenated alkanes) is 1. The van der Waals surface area contributed by atoms with E-state index in [2.05, 4.69) is 16.0 Å². The van der Waals surface area contributed by atoms with Crippen LogP contribution in [0.15, 0.2) is 12.1 Å². The van der Waals surface area contributed by atoms with E-state index < -0.39 is 0 Å². The van der Waals surface area contributed by atoms with Crippen LogP contribution in [0.3, 0.4) is 0 Å². The zero-order chi connectivity index (χ0) is 17.8. The number of piperidine rings is 2. The van der Waals surface area contributed by atoms with Crippen LogP contribution in [0.2, 0.25) is 0 Å². The van der Waals surface area contributed by atoms with Crippen LogP contribution >= 0.6 is 0 Å². The number of aryl methyl sites for hydroxylation is 1. The number of nitrogens with zero attached hydrogens (tertiary/aromatic N) is 4. The average Bonchev–Trinajstić information content (AvgIpc) is 2.63. The van der Waals surface area contributed by atoms with E-state index in [9.17, 15) is 10.1 Å². The molecule has 1 amide bonds. The van der Waals surface area contributed by atoms with Crippen LogP contribution in [-0.4, -0.2) is 53.2 Å². The Morgan fingerprint density at radius 1 is 1.36 bits per heavy atom. The first-order valence-corrected chi connectivity index (χ1v) is 9.17. The summed E-state index contributed by atoms with van der Waals surface area (Å²) in [6, 6.07) is 6.25. The van der Waals surface area contributed by atoms with Crippen molar-refractivity contribution in [1.29, 1.82) is 5.26 Å². The molecule has 2 aliphatic heterocycles. The average molecular weight is 342 g/mol. The van der Waals surface area contributed by atoms with Crippen molar-refractivity contribution in [3.63, 3.8) is 0 Å². The van der Waals surface area contributed by atoms with E-state index >= 15 is 0 Å². The van der Waals surface area contributed by atoms with E-state index in [4.69, 9.17) is 5.11 Å². The number of carbonyl (C=O) groups is 1. The topological polar surface area (TPSA) is 80.5 Å². The third-order valence-corrected chi connectivity index (χ3v) is 5.38. The van der Waals surface area contributed by atoms with Crippen molar-refractivity contribution in [2.45, 2.75) is 45.1 Å². The second-order valence-corrected chi connectivity index (χ2v) is 7.05. The quantitative estimate of drug-likeness (QED) is 0.826. The van der Waals surface area contributed by atoms with Crippen molar-refractivity contribution in [2.24, 2.45) is 5.92 Å². The van der Waals surface area contributed by atoms with Crippen LogP contribution in [0.5, 0.6) is 0 Å². The van der Waals surface area contributed by atoms with Crippen molar-refractivity contribution in [2.75, 3.05) is 31.1 Å². The van der Waals surface area contributed by atoms with Gasteiger partial charge in [0, 0.05) is 44.4 Å². The zero-order valence-corrected chi connectivity index (χ0v) is 14.8. The molecule has 2 atom stereocenters. The largest absolute Gasteiger partial charge is 0.396 e. The minimum Gasteiger partial charge on any atom is -0.396 e. The highest BCUT2D eigenvalue weighted by Crippen LogP contribution is 2.34. The predicted molar refractivity (Wildman–Crippen MR) is 95.1 cm³/mol. The Bertz CT molecular complexity index is 670. The minimum absolute atomic E-state index is 0.180. The lowest BCUT2D eigenvalue weighted by molar-refractivity contribution is -0.139. The number of amides is 1. The van der Waals surface area contributed by atoms with E-state index in [1.165, 1.54) is 0 Å². The van der Waals surface area contributed by atoms with E-state index in [1.807, 2.05) is 24.0 Å². The highest BCUT2D eigenvalue weighted by Gasteiger charge is 2.39. The van der Waals surface area contributed by atoms with Crippen LogP contribution in [0.1, 0.15) is 43.4 Å². The van der Waals surface area contributed by atoms with Crippen LogP contribution in [0, 0.1) is 24.2 Å². The summed E-state index contributed by atoms with van der Waals surface area (Å²) in [6.07, 6.45) is 4.01. The van der Waals surface area contributed by atoms with Gasteiger partial charge < -0.3 is 14.9 Å². The fourth-order valence-corrected chi connectivity index (χ4v) is 4.10. The molecular weight excluding hydrogens is 316 g/mol. The number of hydrogen-bond donors (Lipinski definition) is 1. The number of likely N-dealkylation sites (tertiary alicyclic amines) is 1. The molecule has 25 heavy (non-hydrogen) atoms. The number of carbonyl (C=O) groups excluding carboxylic acids is 1. The molecular formula is C19H26N4O2. The Labute approximate surface area is 149 Å². The molecule has 0 saturated carbocycles. The van der Waals surface area contributed by atoms with Gasteiger partial charge in [0.2, 0.25) is 5.91 Å². The standard InChI is InChI=1S/C19H26N4O2/c1-14-4-5-15(12-20)19(21-14)22-10-8-17-16(13-22)6-7-18(25)23(17)9-2-3-11-24/h4-5,16-17,24H,2-3,6-11,13H2,1H3/t16-,17+/m0/s1. The fraction of sp³-hybridized carbons (Fsp3) is 0.632. The maximum atomic E-state index is 12.3. The molecule has 0 unspecified atom stereocenters. The number of aliphatic hydroxyl groups excluding tert-OH is 1. The number of fused-ring (bicyclic) bond motifs is 1. The first kappa shape index (κ1) is 17.7. The van der Waals surface area contributed by atoms with Crippen molar-refractivity contribution in [3.8, 4) is 6.07 Å². The number of aliphatic hydroxyl groups is 1. The Morgan fingerprint density at radius 2 is 2.20 bits per heavy atom. The molecule has 6 heteroatoms. The van der Waals surface area contributed by atoms with Gasteiger partial charge in [0.05, 0.1) is 5.56 Å². The van der Waals surface area contributed by atoms with Crippen LogP contribution < -0.4 is 4.90 Å². The van der Waals surface area contributed by atoms with Gasteiger partial charge in [0.15, 0.2) is 0 Å². The molecule has 1 aromatic rings. The Hall–Kier alpha value is -2.13. The van der Waals surface area contributed by atoms with E-state index in [-0.39, 0.29) is 18.6 Å². The summed E-state index contributed by atoms with van der Waals surface area (Å²) in [5.74, 6) is 1.46. The predicted octanol–water partition coefficient (Wildman–Crippen LogP) is 1.85. The minimum atomic E-state index is 0.180. The van der Waals surface area contributed by atoms with Gasteiger partial charge in [-0.15, -0.1) is 0 Å². The number of pyridine rings is 1. The first-order chi connectivity index (χ1) is 12.1. The lowest BCUT2D eigenvalue weighted by Crippen LogP contribution is -2.56. The molecule has 6 nitrogen and oxygen atoms in total. The number of aromatic nitrogens is 1. The second-order valence-electron chi connectivity index (χ2n) is 7.05. The first-order valence-electron chi connectivity index (χ1n) is 9.17. The molecule has 1 N–H and O–H groups in total. The Kier molecular flexibility index (Phi) is 5.54. The smallest absolute Gasteiger partial charge is 0.222 e. The molecule has 134 valence electrons. The highest BCUT2D eigenvalue weighted by atomic mass is 16.3. The molecule has 2 aliphatic rings. The second kappa shape index (κ2) is 7.83. The van der Waals surface area contributed by atoms with Gasteiger partial charge in [-0.25, -0.2) is 4.98 Å². The van der Waals surface area contributed by atoms with Gasteiger partial charge in [0.1, 0.15) is 11.9 Å². The van der Waals surface area contributed by atoms with E-state index in [1.54, 1.807) is 0 Å². The summed E-state index contributed by atoms with van der Waals surface area (Å²) in [5.41, 5.74) is 1.54. The van der Waals surface area contributed by atoms with E-state index in [0.717, 1.165) is 56.8 Å². The number of rotatable bonds is 5. The molecule has 1 aromatic heterocycles. The molecule has 0 spiro atoms. The number of anilines is 1. The Morgan fingerprint density at radius 3 is 2.96 bits per heavy atom. The fourth-order valence-electron chi connectivity index (χ4n) is 4.10. The van der Waals surface area contributed by atoms with Gasteiger partial charge in [-0.3, -0.25) is 4.79 Å². The third-order valence-electron chi connectivity index (χ3n) is 5.38. The number of hydrogen-bond acceptors (Lipinski definition) is 5. The van der Waals surface area contributed by atoms with Gasteiger partial charge in [-0.1, -0.05) is 0 Å². The summed E-state index contributed by atoms with van der Waals surface area (Å²) in [4.78, 5) is 21.2. The molecule has 2 fully saturated rings. The highest BCUT2D eigenvalue weighted by molar-refractivity contribution is 5.77.